The second-order valence-electron chi connectivity index (χ2n) is 4.99. The molecule has 2 heterocycles. The van der Waals surface area contributed by atoms with E-state index in [4.69, 9.17) is 0 Å². The Labute approximate surface area is 84.6 Å². The largest absolute Gasteiger partial charge is 0.240 e. The molecule has 1 N–H and O–H groups in total. The second-order valence-corrected chi connectivity index (χ2v) is 4.99. The quantitative estimate of drug-likeness (QED) is 0.664. The minimum atomic E-state index is 0.339. The fraction of sp³-hybridized carbons (Fsp3) is 0.417. The van der Waals surface area contributed by atoms with Crippen LogP contribution in [0.2, 0.25) is 0 Å². The second kappa shape index (κ2) is 3.12. The van der Waals surface area contributed by atoms with Gasteiger partial charge in [-0.2, -0.15) is 5.10 Å². The van der Waals surface area contributed by atoms with Gasteiger partial charge in [-0.05, 0) is 17.9 Å². The van der Waals surface area contributed by atoms with Crippen molar-refractivity contribution < 1.29 is 4.52 Å². The normalized spacial score (nSPS) is 12.2. The van der Waals surface area contributed by atoms with Gasteiger partial charge in [0.05, 0.1) is 6.20 Å². The first-order valence-electron chi connectivity index (χ1n) is 5.03. The van der Waals surface area contributed by atoms with Gasteiger partial charge in [-0.3, -0.25) is 0 Å². The standard InChI is InChI=1S/C12H16N2/c1-12(2,3)9-10-5-4-8-14-11(10)6-7-13-14/h4-8H,9H2,1-3H3/p+1. The number of fused-ring (bicyclic) bond motifs is 1. The summed E-state index contributed by atoms with van der Waals surface area (Å²) in [6, 6.07) is 6.42. The van der Waals surface area contributed by atoms with Gasteiger partial charge in [0.15, 0.2) is 0 Å². The Balaban J connectivity index is 2.46. The smallest absolute Gasteiger partial charge is 0.167 e. The lowest BCUT2D eigenvalue weighted by Gasteiger charge is -2.16. The summed E-state index contributed by atoms with van der Waals surface area (Å²) >= 11 is 0. The lowest BCUT2D eigenvalue weighted by Crippen LogP contribution is -2.24. The summed E-state index contributed by atoms with van der Waals surface area (Å²) in [6.45, 7) is 6.80. The summed E-state index contributed by atoms with van der Waals surface area (Å²) in [5.74, 6) is 0. The van der Waals surface area contributed by atoms with Crippen LogP contribution in [-0.2, 0) is 6.42 Å². The minimum absolute atomic E-state index is 0.339. The Hall–Kier alpha value is -1.31. The molecule has 0 saturated heterocycles. The highest BCUT2D eigenvalue weighted by Crippen LogP contribution is 2.21. The number of H-pyrrole nitrogens is 1. The average Bonchev–Trinajstić information content (AvgIpc) is 2.49. The van der Waals surface area contributed by atoms with E-state index < -0.39 is 0 Å². The van der Waals surface area contributed by atoms with Crippen molar-refractivity contribution in [3.63, 3.8) is 0 Å². The molecule has 0 amide bonds. The SMILES string of the molecule is CC(C)(C)Cc1ccc[n+]2[nH]ccc12. The minimum Gasteiger partial charge on any atom is -0.167 e. The van der Waals surface area contributed by atoms with Crippen molar-refractivity contribution in [2.75, 3.05) is 0 Å². The van der Waals surface area contributed by atoms with Crippen LogP contribution in [0.4, 0.5) is 0 Å². The monoisotopic (exact) mass is 189 g/mol. The number of nitrogens with zero attached hydrogens (tertiary/aromatic N) is 1. The van der Waals surface area contributed by atoms with Gasteiger partial charge in [-0.1, -0.05) is 25.3 Å². The number of hydrogen-bond acceptors (Lipinski definition) is 0. The predicted octanol–water partition coefficient (Wildman–Crippen LogP) is 2.34. The number of pyridine rings is 1. The third-order valence-electron chi connectivity index (χ3n) is 2.30. The first-order valence-corrected chi connectivity index (χ1v) is 5.03. The van der Waals surface area contributed by atoms with Gasteiger partial charge >= 0.3 is 0 Å². The average molecular weight is 189 g/mol. The van der Waals surface area contributed by atoms with E-state index in [2.05, 4.69) is 48.6 Å². The molecule has 2 heteroatoms. The zero-order valence-corrected chi connectivity index (χ0v) is 9.04. The third kappa shape index (κ3) is 1.79. The summed E-state index contributed by atoms with van der Waals surface area (Å²) in [4.78, 5) is 0. The number of aromatic amines is 1. The van der Waals surface area contributed by atoms with Crippen LogP contribution in [0.5, 0.6) is 0 Å². The van der Waals surface area contributed by atoms with Crippen molar-refractivity contribution in [1.82, 2.24) is 5.10 Å². The van der Waals surface area contributed by atoms with E-state index in [1.54, 1.807) is 0 Å². The molecule has 0 aliphatic heterocycles. The van der Waals surface area contributed by atoms with Gasteiger partial charge in [0, 0.05) is 17.7 Å². The zero-order valence-electron chi connectivity index (χ0n) is 9.04. The van der Waals surface area contributed by atoms with Gasteiger partial charge in [0.25, 0.3) is 0 Å². The number of aromatic nitrogens is 2. The molecular weight excluding hydrogens is 172 g/mol. The fourth-order valence-corrected chi connectivity index (χ4v) is 1.78. The van der Waals surface area contributed by atoms with Crippen LogP contribution in [0, 0.1) is 5.41 Å². The lowest BCUT2D eigenvalue weighted by molar-refractivity contribution is -0.577. The molecule has 2 aromatic rings. The van der Waals surface area contributed by atoms with Crippen molar-refractivity contribution in [2.45, 2.75) is 27.2 Å². The molecule has 0 bridgehead atoms. The van der Waals surface area contributed by atoms with Crippen molar-refractivity contribution >= 4 is 5.52 Å². The number of nitrogens with one attached hydrogen (secondary N) is 1. The molecule has 0 saturated carbocycles. The van der Waals surface area contributed by atoms with Crippen LogP contribution >= 0.6 is 0 Å². The van der Waals surface area contributed by atoms with Crippen LogP contribution in [-0.4, -0.2) is 5.10 Å². The Kier molecular flexibility index (Phi) is 2.06. The summed E-state index contributed by atoms with van der Waals surface area (Å²) in [7, 11) is 0. The summed E-state index contributed by atoms with van der Waals surface area (Å²) in [5.41, 5.74) is 3.02. The summed E-state index contributed by atoms with van der Waals surface area (Å²) in [6.07, 6.45) is 5.12. The predicted molar refractivity (Wildman–Crippen MR) is 57.1 cm³/mol. The zero-order chi connectivity index (χ0) is 10.2. The molecule has 0 atom stereocenters. The van der Waals surface area contributed by atoms with E-state index in [1.165, 1.54) is 11.1 Å². The fourth-order valence-electron chi connectivity index (χ4n) is 1.78. The van der Waals surface area contributed by atoms with Gasteiger partial charge in [0.1, 0.15) is 0 Å². The maximum Gasteiger partial charge on any atom is 0.240 e. The topological polar surface area (TPSA) is 19.9 Å². The molecule has 2 nitrogen and oxygen atoms in total. The van der Waals surface area contributed by atoms with Gasteiger partial charge in [-0.25, -0.2) is 0 Å². The summed E-state index contributed by atoms with van der Waals surface area (Å²) in [5, 5.41) is 3.16. The maximum absolute atomic E-state index is 3.16. The number of hydrogen-bond donors (Lipinski definition) is 1. The Morgan fingerprint density at radius 1 is 1.29 bits per heavy atom. The van der Waals surface area contributed by atoms with Gasteiger partial charge in [0.2, 0.25) is 11.7 Å². The Bertz CT molecular complexity index is 435. The number of rotatable bonds is 1. The molecule has 74 valence electrons. The highest BCUT2D eigenvalue weighted by molar-refractivity contribution is 5.47. The molecule has 0 spiro atoms. The van der Waals surface area contributed by atoms with Crippen molar-refractivity contribution in [3.05, 3.63) is 36.2 Å². The molecular formula is C12H17N2+. The van der Waals surface area contributed by atoms with E-state index in [9.17, 15) is 0 Å². The first-order chi connectivity index (χ1) is 6.56. The van der Waals surface area contributed by atoms with Crippen LogP contribution in [0.1, 0.15) is 26.3 Å². The third-order valence-corrected chi connectivity index (χ3v) is 2.30. The molecule has 0 aliphatic rings. The molecule has 0 aliphatic carbocycles. The van der Waals surface area contributed by atoms with E-state index in [1.807, 2.05) is 12.4 Å². The van der Waals surface area contributed by atoms with Crippen LogP contribution in [0.15, 0.2) is 30.6 Å². The molecule has 0 radical (unpaired) electrons. The van der Waals surface area contributed by atoms with E-state index >= 15 is 0 Å². The summed E-state index contributed by atoms with van der Waals surface area (Å²) < 4.78 is 2.06. The van der Waals surface area contributed by atoms with E-state index in [0.717, 1.165) is 6.42 Å². The lowest BCUT2D eigenvalue weighted by atomic mass is 9.88. The van der Waals surface area contributed by atoms with Crippen LogP contribution in [0.3, 0.4) is 0 Å². The van der Waals surface area contributed by atoms with Crippen molar-refractivity contribution in [2.24, 2.45) is 5.41 Å². The maximum atomic E-state index is 3.16. The highest BCUT2D eigenvalue weighted by Gasteiger charge is 2.16. The first kappa shape index (κ1) is 9.25. The van der Waals surface area contributed by atoms with E-state index in [-0.39, 0.29) is 0 Å². The molecule has 0 fully saturated rings. The van der Waals surface area contributed by atoms with Crippen LogP contribution in [0.25, 0.3) is 5.52 Å². The Morgan fingerprint density at radius 2 is 2.07 bits per heavy atom. The molecule has 2 aromatic heterocycles. The molecule has 0 unspecified atom stereocenters. The molecule has 2 rings (SSSR count). The van der Waals surface area contributed by atoms with E-state index in [0.29, 0.717) is 5.41 Å². The van der Waals surface area contributed by atoms with Crippen LogP contribution < -0.4 is 4.52 Å². The Morgan fingerprint density at radius 3 is 2.79 bits per heavy atom. The van der Waals surface area contributed by atoms with Crippen molar-refractivity contribution in [1.29, 1.82) is 0 Å². The van der Waals surface area contributed by atoms with Crippen molar-refractivity contribution in [3.8, 4) is 0 Å². The molecule has 14 heavy (non-hydrogen) atoms. The highest BCUT2D eigenvalue weighted by atomic mass is 15.2. The van der Waals surface area contributed by atoms with Gasteiger partial charge in [-0.15, -0.1) is 0 Å². The van der Waals surface area contributed by atoms with Gasteiger partial charge < -0.3 is 0 Å². The molecule has 0 aromatic carbocycles.